The van der Waals surface area contributed by atoms with Gasteiger partial charge in [0, 0.05) is 23.6 Å². The summed E-state index contributed by atoms with van der Waals surface area (Å²) >= 11 is 0. The molecule has 2 nitrogen and oxygen atoms in total. The molecule has 150 valence electrons. The Hall–Kier alpha value is 0.255. The first-order valence-corrected chi connectivity index (χ1v) is 13.1. The van der Waals surface area contributed by atoms with Gasteiger partial charge in [-0.2, -0.15) is 0 Å². The van der Waals surface area contributed by atoms with Gasteiger partial charge in [0.25, 0.3) is 0 Å². The van der Waals surface area contributed by atoms with Crippen LogP contribution in [0.5, 0.6) is 0 Å². The van der Waals surface area contributed by atoms with Crippen LogP contribution in [-0.2, 0) is 4.57 Å². The van der Waals surface area contributed by atoms with Crippen LogP contribution >= 0.6 is 7.14 Å². The number of rotatable bonds is 4. The summed E-state index contributed by atoms with van der Waals surface area (Å²) in [5, 5.41) is 10.3. The minimum atomic E-state index is -2.24. The van der Waals surface area contributed by atoms with E-state index in [0.717, 1.165) is 12.3 Å². The lowest BCUT2D eigenvalue weighted by molar-refractivity contribution is -0.114. The molecular weight excluding hydrogens is 338 g/mol. The Morgan fingerprint density at radius 1 is 0.885 bits per heavy atom. The summed E-state index contributed by atoms with van der Waals surface area (Å²) in [6.45, 7) is 5.07. The molecule has 0 spiro atoms. The van der Waals surface area contributed by atoms with Gasteiger partial charge >= 0.3 is 0 Å². The molecule has 26 heavy (non-hydrogen) atoms. The normalized spacial score (nSPS) is 38.3. The Labute approximate surface area is 163 Å². The maximum absolute atomic E-state index is 14.9. The first-order valence-electron chi connectivity index (χ1n) is 11.2. The Bertz CT molecular complexity index is 500. The monoisotopic (exact) mass is 380 g/mol. The first-order chi connectivity index (χ1) is 12.0. The van der Waals surface area contributed by atoms with Gasteiger partial charge in [0.05, 0.1) is 15.6 Å². The van der Waals surface area contributed by atoms with Crippen LogP contribution < -0.4 is 0 Å². The van der Waals surface area contributed by atoms with Crippen molar-refractivity contribution in [3.05, 3.63) is 0 Å². The van der Waals surface area contributed by atoms with Gasteiger partial charge in [-0.15, -0.1) is 0 Å². The van der Waals surface area contributed by atoms with Crippen LogP contribution in [0, 0.1) is 23.2 Å². The van der Waals surface area contributed by atoms with Crippen molar-refractivity contribution in [3.63, 3.8) is 0 Å². The van der Waals surface area contributed by atoms with Crippen molar-refractivity contribution in [2.75, 3.05) is 6.61 Å². The number of fused-ring (bicyclic) bond motifs is 2. The van der Waals surface area contributed by atoms with Crippen LogP contribution in [0.4, 0.5) is 0 Å². The van der Waals surface area contributed by atoms with E-state index in [1.54, 1.807) is 0 Å². The molecule has 5 aliphatic carbocycles. The molecule has 4 heteroatoms. The molecule has 2 unspecified atom stereocenters. The van der Waals surface area contributed by atoms with Crippen LogP contribution in [-0.4, -0.2) is 37.1 Å². The van der Waals surface area contributed by atoms with Crippen molar-refractivity contribution in [1.29, 1.82) is 0 Å². The van der Waals surface area contributed by atoms with E-state index in [-0.39, 0.29) is 15.0 Å². The highest BCUT2D eigenvalue weighted by atomic mass is 31.2. The molecule has 0 heterocycles. The molecule has 4 atom stereocenters. The third-order valence-electron chi connectivity index (χ3n) is 9.10. The summed E-state index contributed by atoms with van der Waals surface area (Å²) in [4.78, 5) is 0. The van der Waals surface area contributed by atoms with Crippen molar-refractivity contribution >= 4 is 15.6 Å². The van der Waals surface area contributed by atoms with Gasteiger partial charge < -0.3 is 9.67 Å². The largest absolute Gasteiger partial charge is 0.396 e. The van der Waals surface area contributed by atoms with Gasteiger partial charge in [-0.3, -0.25) is 0 Å². The van der Waals surface area contributed by atoms with Crippen molar-refractivity contribution in [1.82, 2.24) is 0 Å². The summed E-state index contributed by atoms with van der Waals surface area (Å²) in [5.74, 6) is 1.68. The molecular formula is C22H42BO2P. The fourth-order valence-electron chi connectivity index (χ4n) is 7.44. The lowest BCUT2D eigenvalue weighted by Gasteiger charge is -2.64. The summed E-state index contributed by atoms with van der Waals surface area (Å²) < 4.78 is 14.9. The molecule has 5 saturated carbocycles. The fourth-order valence-corrected chi connectivity index (χ4v) is 12.9. The first kappa shape index (κ1) is 21.0. The topological polar surface area (TPSA) is 37.3 Å². The molecule has 1 N–H and O–H groups in total. The van der Waals surface area contributed by atoms with Gasteiger partial charge in [-0.1, -0.05) is 52.4 Å². The standard InChI is InChI=1S/C22H39O2P.BH3/c1-22(2)16-13-20(22)19(15-23)21(14-16)25(24,17-9-5-3-6-10-17)18-11-7-4-8-12-18;/h16-21,23H,3-15H2,1-2H3;1H3/t16?,19-,20?,21+;/m0./s1. The summed E-state index contributed by atoms with van der Waals surface area (Å²) in [7, 11) is -2.24. The van der Waals surface area contributed by atoms with Gasteiger partial charge in [0.15, 0.2) is 0 Å². The Morgan fingerprint density at radius 3 is 1.81 bits per heavy atom. The van der Waals surface area contributed by atoms with E-state index in [2.05, 4.69) is 13.8 Å². The Kier molecular flexibility index (Phi) is 6.41. The van der Waals surface area contributed by atoms with E-state index < -0.39 is 7.14 Å². The Morgan fingerprint density at radius 2 is 1.38 bits per heavy atom. The zero-order chi connectivity index (χ0) is 17.7. The number of hydrogen-bond donors (Lipinski definition) is 1. The molecule has 0 aromatic carbocycles. The molecule has 2 bridgehead atoms. The van der Waals surface area contributed by atoms with E-state index >= 15 is 0 Å². The zero-order valence-corrected chi connectivity index (χ0v) is 17.4. The van der Waals surface area contributed by atoms with E-state index in [0.29, 0.717) is 34.2 Å². The van der Waals surface area contributed by atoms with E-state index in [4.69, 9.17) is 0 Å². The minimum Gasteiger partial charge on any atom is -0.396 e. The van der Waals surface area contributed by atoms with Crippen molar-refractivity contribution in [2.45, 2.75) is 108 Å². The second-order valence-electron chi connectivity index (χ2n) is 10.4. The average Bonchev–Trinajstić information content (AvgIpc) is 2.68. The van der Waals surface area contributed by atoms with Crippen molar-refractivity contribution < 1.29 is 9.67 Å². The van der Waals surface area contributed by atoms with Gasteiger partial charge in [0.2, 0.25) is 0 Å². The minimum absolute atomic E-state index is 0. The highest BCUT2D eigenvalue weighted by molar-refractivity contribution is 7.66. The molecule has 5 fully saturated rings. The molecule has 5 aliphatic rings. The average molecular weight is 380 g/mol. The van der Waals surface area contributed by atoms with E-state index in [9.17, 15) is 9.67 Å². The maximum Gasteiger partial charge on any atom is 0.0968 e. The van der Waals surface area contributed by atoms with Gasteiger partial charge in [-0.25, -0.2) is 0 Å². The lowest BCUT2D eigenvalue weighted by atomic mass is 9.45. The fraction of sp³-hybridized carbons (Fsp3) is 1.00. The predicted molar refractivity (Wildman–Crippen MR) is 116 cm³/mol. The summed E-state index contributed by atoms with van der Waals surface area (Å²) in [5.41, 5.74) is 1.70. The third-order valence-corrected chi connectivity index (χ3v) is 14.0. The predicted octanol–water partition coefficient (Wildman–Crippen LogP) is 4.87. The summed E-state index contributed by atoms with van der Waals surface area (Å²) in [6.07, 6.45) is 15.1. The smallest absolute Gasteiger partial charge is 0.0968 e. The van der Waals surface area contributed by atoms with E-state index in [1.807, 2.05) is 0 Å². The SMILES string of the molecule is B.CC1(C)C2CC1[C@H](CO)[C@H](P(=O)(C1CCCCC1)C1CCCCC1)C2. The van der Waals surface area contributed by atoms with Crippen LogP contribution in [0.15, 0.2) is 0 Å². The van der Waals surface area contributed by atoms with Crippen LogP contribution in [0.25, 0.3) is 0 Å². The van der Waals surface area contributed by atoms with Gasteiger partial charge in [0.1, 0.15) is 0 Å². The van der Waals surface area contributed by atoms with Crippen molar-refractivity contribution in [2.24, 2.45) is 23.2 Å². The van der Waals surface area contributed by atoms with E-state index in [1.165, 1.54) is 70.6 Å². The molecule has 0 aromatic rings. The summed E-state index contributed by atoms with van der Waals surface area (Å²) in [6, 6.07) is 0. The quantitative estimate of drug-likeness (QED) is 0.558. The number of hydrogen-bond acceptors (Lipinski definition) is 2. The van der Waals surface area contributed by atoms with Gasteiger partial charge in [-0.05, 0) is 61.7 Å². The molecule has 5 rings (SSSR count). The molecule has 0 aromatic heterocycles. The highest BCUT2D eigenvalue weighted by Gasteiger charge is 2.62. The number of aliphatic hydroxyl groups excluding tert-OH is 1. The Balaban J connectivity index is 0.00000196. The second-order valence-corrected chi connectivity index (χ2v) is 14.0. The highest BCUT2D eigenvalue weighted by Crippen LogP contribution is 2.74. The lowest BCUT2D eigenvalue weighted by Crippen LogP contribution is -2.59. The van der Waals surface area contributed by atoms with Crippen molar-refractivity contribution in [3.8, 4) is 0 Å². The van der Waals surface area contributed by atoms with Crippen LogP contribution in [0.3, 0.4) is 0 Å². The maximum atomic E-state index is 14.9. The molecule has 0 saturated heterocycles. The molecule has 0 aliphatic heterocycles. The molecule has 0 amide bonds. The second kappa shape index (κ2) is 7.94. The van der Waals surface area contributed by atoms with Crippen LogP contribution in [0.1, 0.15) is 90.9 Å². The third kappa shape index (κ3) is 3.18. The molecule has 0 radical (unpaired) electrons. The van der Waals surface area contributed by atoms with Crippen LogP contribution in [0.2, 0.25) is 0 Å². The zero-order valence-electron chi connectivity index (χ0n) is 16.5. The number of aliphatic hydroxyl groups is 1.